The third kappa shape index (κ3) is 4.14. The molecule has 0 unspecified atom stereocenters. The van der Waals surface area contributed by atoms with Crippen LogP contribution in [0, 0.1) is 0 Å². The van der Waals surface area contributed by atoms with Crippen LogP contribution >= 0.6 is 0 Å². The molecule has 3 N–H and O–H groups in total. The van der Waals surface area contributed by atoms with E-state index in [9.17, 15) is 14.7 Å². The smallest absolute Gasteiger partial charge is 0.313 e. The van der Waals surface area contributed by atoms with Crippen LogP contribution in [0.25, 0.3) is 10.8 Å². The third-order valence-electron chi connectivity index (χ3n) is 4.64. The van der Waals surface area contributed by atoms with E-state index in [1.807, 2.05) is 36.4 Å². The lowest BCUT2D eigenvalue weighted by molar-refractivity contribution is -0.136. The fourth-order valence-electron chi connectivity index (χ4n) is 3.23. The quantitative estimate of drug-likeness (QED) is 0.593. The van der Waals surface area contributed by atoms with Gasteiger partial charge in [-0.05, 0) is 28.5 Å². The zero-order valence-corrected chi connectivity index (χ0v) is 15.6. The molecule has 0 aliphatic carbocycles. The summed E-state index contributed by atoms with van der Waals surface area (Å²) in [7, 11) is 0. The summed E-state index contributed by atoms with van der Waals surface area (Å²) in [5.41, 5.74) is 1.11. The fourth-order valence-corrected chi connectivity index (χ4v) is 3.23. The molecule has 0 aromatic heterocycles. The van der Waals surface area contributed by atoms with Crippen LogP contribution in [0.1, 0.15) is 11.7 Å². The lowest BCUT2D eigenvalue weighted by Crippen LogP contribution is -2.37. The van der Waals surface area contributed by atoms with Crippen molar-refractivity contribution in [3.05, 3.63) is 66.2 Å². The number of aliphatic hydroxyl groups is 1. The second-order valence-corrected chi connectivity index (χ2v) is 6.61. The molecule has 0 saturated carbocycles. The molecule has 2 amide bonds. The van der Waals surface area contributed by atoms with Gasteiger partial charge in [0.2, 0.25) is 0 Å². The molecule has 0 spiro atoms. The van der Waals surface area contributed by atoms with E-state index in [1.165, 1.54) is 0 Å². The van der Waals surface area contributed by atoms with Crippen LogP contribution in [0.15, 0.2) is 60.7 Å². The lowest BCUT2D eigenvalue weighted by atomic mass is 10.0. The first-order chi connectivity index (χ1) is 14.1. The second-order valence-electron chi connectivity index (χ2n) is 6.61. The molecular weight excluding hydrogens is 372 g/mol. The van der Waals surface area contributed by atoms with E-state index in [4.69, 9.17) is 9.47 Å². The maximum Gasteiger partial charge on any atom is 0.313 e. The van der Waals surface area contributed by atoms with Crippen molar-refractivity contribution in [3.63, 3.8) is 0 Å². The predicted octanol–water partition coefficient (Wildman–Crippen LogP) is 2.40. The molecule has 1 atom stereocenters. The minimum atomic E-state index is -0.938. The number of nitrogens with one attached hydrogen (secondary N) is 2. The van der Waals surface area contributed by atoms with Crippen molar-refractivity contribution in [2.24, 2.45) is 0 Å². The molecule has 29 heavy (non-hydrogen) atoms. The Labute approximate surface area is 167 Å². The Morgan fingerprint density at radius 2 is 1.69 bits per heavy atom. The topological polar surface area (TPSA) is 96.9 Å². The molecule has 4 rings (SSSR count). The normalized spacial score (nSPS) is 13.6. The van der Waals surface area contributed by atoms with Crippen LogP contribution in [0.4, 0.5) is 5.69 Å². The van der Waals surface area contributed by atoms with Crippen molar-refractivity contribution in [1.82, 2.24) is 5.32 Å². The van der Waals surface area contributed by atoms with Gasteiger partial charge in [0, 0.05) is 18.3 Å². The molecule has 0 saturated heterocycles. The Kier molecular flexibility index (Phi) is 5.31. The summed E-state index contributed by atoms with van der Waals surface area (Å²) in [5, 5.41) is 17.4. The molecular formula is C22H20N2O5. The summed E-state index contributed by atoms with van der Waals surface area (Å²) in [6, 6.07) is 18.2. The predicted molar refractivity (Wildman–Crippen MR) is 108 cm³/mol. The highest BCUT2D eigenvalue weighted by Crippen LogP contribution is 2.32. The van der Waals surface area contributed by atoms with Crippen LogP contribution in [-0.4, -0.2) is 36.7 Å². The number of amides is 2. The number of hydrogen-bond acceptors (Lipinski definition) is 5. The van der Waals surface area contributed by atoms with Crippen LogP contribution in [0.2, 0.25) is 0 Å². The Bertz CT molecular complexity index is 1060. The molecule has 1 aliphatic rings. The van der Waals surface area contributed by atoms with Gasteiger partial charge in [-0.3, -0.25) is 9.59 Å². The molecule has 0 fully saturated rings. The molecule has 148 valence electrons. The number of anilines is 1. The minimum Gasteiger partial charge on any atom is -0.486 e. The maximum absolute atomic E-state index is 12.2. The van der Waals surface area contributed by atoms with Crippen molar-refractivity contribution in [3.8, 4) is 11.5 Å². The standard InChI is InChI=1S/C22H20N2O5/c25-18(17-7-3-5-14-4-1-2-6-16(14)17)13-23-21(26)22(27)24-15-8-9-19-20(12-15)29-11-10-28-19/h1-9,12,18,25H,10-11,13H2,(H,23,26)(H,24,27)/t18-/m1/s1. The number of ether oxygens (including phenoxy) is 2. The molecule has 1 aliphatic heterocycles. The molecule has 3 aromatic carbocycles. The van der Waals surface area contributed by atoms with Crippen LogP contribution in [-0.2, 0) is 9.59 Å². The van der Waals surface area contributed by atoms with Gasteiger partial charge in [0.1, 0.15) is 13.2 Å². The lowest BCUT2D eigenvalue weighted by Gasteiger charge is -2.19. The Morgan fingerprint density at radius 1 is 0.931 bits per heavy atom. The number of rotatable bonds is 4. The van der Waals surface area contributed by atoms with E-state index >= 15 is 0 Å². The van der Waals surface area contributed by atoms with E-state index in [0.717, 1.165) is 10.8 Å². The summed E-state index contributed by atoms with van der Waals surface area (Å²) >= 11 is 0. The SMILES string of the molecule is O=C(NC[C@@H](O)c1cccc2ccccc12)C(=O)Nc1ccc2c(c1)OCCO2. The van der Waals surface area contributed by atoms with Gasteiger partial charge in [0.05, 0.1) is 6.10 Å². The van der Waals surface area contributed by atoms with Crippen molar-refractivity contribution in [2.45, 2.75) is 6.10 Å². The van der Waals surface area contributed by atoms with E-state index < -0.39 is 17.9 Å². The molecule has 7 nitrogen and oxygen atoms in total. The van der Waals surface area contributed by atoms with Crippen LogP contribution < -0.4 is 20.1 Å². The van der Waals surface area contributed by atoms with Crippen LogP contribution in [0.5, 0.6) is 11.5 Å². The summed E-state index contributed by atoms with van der Waals surface area (Å²) in [4.78, 5) is 24.3. The molecule has 0 bridgehead atoms. The van der Waals surface area contributed by atoms with Crippen molar-refractivity contribution < 1.29 is 24.2 Å². The number of aliphatic hydroxyl groups excluding tert-OH is 1. The summed E-state index contributed by atoms with van der Waals surface area (Å²) in [5.74, 6) is -0.552. The number of carbonyl (C=O) groups excluding carboxylic acids is 2. The Hall–Kier alpha value is -3.58. The summed E-state index contributed by atoms with van der Waals surface area (Å²) in [6.07, 6.45) is -0.938. The third-order valence-corrected chi connectivity index (χ3v) is 4.64. The molecule has 3 aromatic rings. The van der Waals surface area contributed by atoms with E-state index in [1.54, 1.807) is 24.3 Å². The summed E-state index contributed by atoms with van der Waals surface area (Å²) in [6.45, 7) is 0.818. The highest BCUT2D eigenvalue weighted by atomic mass is 16.6. The Morgan fingerprint density at radius 3 is 2.55 bits per heavy atom. The highest BCUT2D eigenvalue weighted by molar-refractivity contribution is 6.39. The first kappa shape index (κ1) is 18.8. The zero-order valence-electron chi connectivity index (χ0n) is 15.6. The van der Waals surface area contributed by atoms with E-state index in [2.05, 4.69) is 10.6 Å². The average Bonchev–Trinajstić information content (AvgIpc) is 2.76. The van der Waals surface area contributed by atoms with Gasteiger partial charge in [-0.1, -0.05) is 42.5 Å². The first-order valence-corrected chi connectivity index (χ1v) is 9.26. The van der Waals surface area contributed by atoms with Crippen molar-refractivity contribution >= 4 is 28.3 Å². The van der Waals surface area contributed by atoms with E-state index in [0.29, 0.717) is 36.0 Å². The van der Waals surface area contributed by atoms with Gasteiger partial charge in [0.25, 0.3) is 0 Å². The monoisotopic (exact) mass is 392 g/mol. The molecule has 7 heteroatoms. The second kappa shape index (κ2) is 8.20. The van der Waals surface area contributed by atoms with Gasteiger partial charge >= 0.3 is 11.8 Å². The van der Waals surface area contributed by atoms with Gasteiger partial charge in [0.15, 0.2) is 11.5 Å². The maximum atomic E-state index is 12.2. The van der Waals surface area contributed by atoms with Crippen molar-refractivity contribution in [1.29, 1.82) is 0 Å². The minimum absolute atomic E-state index is 0.0819. The average molecular weight is 392 g/mol. The van der Waals surface area contributed by atoms with Gasteiger partial charge in [-0.2, -0.15) is 0 Å². The zero-order chi connectivity index (χ0) is 20.2. The molecule has 0 radical (unpaired) electrons. The highest BCUT2D eigenvalue weighted by Gasteiger charge is 2.18. The largest absolute Gasteiger partial charge is 0.486 e. The molecule has 1 heterocycles. The van der Waals surface area contributed by atoms with Crippen molar-refractivity contribution in [2.75, 3.05) is 25.1 Å². The number of fused-ring (bicyclic) bond motifs is 2. The van der Waals surface area contributed by atoms with Gasteiger partial charge < -0.3 is 25.2 Å². The van der Waals surface area contributed by atoms with Gasteiger partial charge in [-0.15, -0.1) is 0 Å². The van der Waals surface area contributed by atoms with Gasteiger partial charge in [-0.25, -0.2) is 0 Å². The first-order valence-electron chi connectivity index (χ1n) is 9.26. The number of carbonyl (C=O) groups is 2. The fraction of sp³-hybridized carbons (Fsp3) is 0.182. The van der Waals surface area contributed by atoms with Crippen LogP contribution in [0.3, 0.4) is 0 Å². The number of hydrogen-bond donors (Lipinski definition) is 3. The van der Waals surface area contributed by atoms with E-state index in [-0.39, 0.29) is 6.54 Å². The Balaban J connectivity index is 1.37. The number of benzene rings is 3. The summed E-state index contributed by atoms with van der Waals surface area (Å²) < 4.78 is 10.9.